The smallest absolute Gasteiger partial charge is 0.308 e. The quantitative estimate of drug-likeness (QED) is 0.877. The topological polar surface area (TPSA) is 79.5 Å². The van der Waals surface area contributed by atoms with Crippen LogP contribution < -0.4 is 5.32 Å². The normalized spacial score (nSPS) is 13.4. The number of hydrogen-bond donors (Lipinski definition) is 2. The monoisotopic (exact) mass is 273 g/mol. The van der Waals surface area contributed by atoms with Gasteiger partial charge in [0, 0.05) is 0 Å². The number of aliphatic carboxylic acids is 1. The van der Waals surface area contributed by atoms with E-state index in [1.807, 2.05) is 6.07 Å². The van der Waals surface area contributed by atoms with Crippen LogP contribution in [0, 0.1) is 5.92 Å². The third kappa shape index (κ3) is 3.06. The van der Waals surface area contributed by atoms with Gasteiger partial charge in [0.25, 0.3) is 5.91 Å². The SMILES string of the molecule is C[C@@H](C(=O)O)[C@H](NC(=O)c1ccoc1)c1ccccc1. The van der Waals surface area contributed by atoms with Gasteiger partial charge >= 0.3 is 5.97 Å². The molecule has 1 amide bonds. The molecule has 5 nitrogen and oxygen atoms in total. The van der Waals surface area contributed by atoms with Gasteiger partial charge in [-0.25, -0.2) is 0 Å². The zero-order valence-corrected chi connectivity index (χ0v) is 10.9. The van der Waals surface area contributed by atoms with Gasteiger partial charge in [-0.15, -0.1) is 0 Å². The van der Waals surface area contributed by atoms with Crippen molar-refractivity contribution in [3.63, 3.8) is 0 Å². The van der Waals surface area contributed by atoms with Gasteiger partial charge in [0.15, 0.2) is 0 Å². The van der Waals surface area contributed by atoms with Crippen LogP contribution in [0.5, 0.6) is 0 Å². The molecule has 20 heavy (non-hydrogen) atoms. The van der Waals surface area contributed by atoms with E-state index in [9.17, 15) is 14.7 Å². The van der Waals surface area contributed by atoms with E-state index in [1.165, 1.54) is 18.6 Å². The number of benzene rings is 1. The standard InChI is InChI=1S/C15H15NO4/c1-10(15(18)19)13(11-5-3-2-4-6-11)16-14(17)12-7-8-20-9-12/h2-10,13H,1H3,(H,16,17)(H,18,19)/t10-,13+/m1/s1. The summed E-state index contributed by atoms with van der Waals surface area (Å²) in [7, 11) is 0. The Morgan fingerprint density at radius 1 is 1.20 bits per heavy atom. The van der Waals surface area contributed by atoms with Crippen molar-refractivity contribution >= 4 is 11.9 Å². The molecule has 0 radical (unpaired) electrons. The minimum atomic E-state index is -0.966. The summed E-state index contributed by atoms with van der Waals surface area (Å²) >= 11 is 0. The highest BCUT2D eigenvalue weighted by molar-refractivity contribution is 5.94. The summed E-state index contributed by atoms with van der Waals surface area (Å²) in [6.07, 6.45) is 2.72. The minimum Gasteiger partial charge on any atom is -0.481 e. The molecule has 0 saturated carbocycles. The van der Waals surface area contributed by atoms with Gasteiger partial charge in [0.05, 0.1) is 23.8 Å². The van der Waals surface area contributed by atoms with Crippen molar-refractivity contribution in [1.29, 1.82) is 0 Å². The number of carboxylic acid groups (broad SMARTS) is 1. The number of carbonyl (C=O) groups is 2. The van der Waals surface area contributed by atoms with E-state index in [2.05, 4.69) is 5.32 Å². The summed E-state index contributed by atoms with van der Waals surface area (Å²) in [5.74, 6) is -2.07. The third-order valence-electron chi connectivity index (χ3n) is 3.12. The molecule has 2 aromatic rings. The molecule has 2 rings (SSSR count). The fourth-order valence-electron chi connectivity index (χ4n) is 1.92. The summed E-state index contributed by atoms with van der Waals surface area (Å²) in [5.41, 5.74) is 1.11. The first-order valence-electron chi connectivity index (χ1n) is 6.20. The summed E-state index contributed by atoms with van der Waals surface area (Å²) in [4.78, 5) is 23.3. The molecule has 1 aromatic heterocycles. The number of amides is 1. The largest absolute Gasteiger partial charge is 0.481 e. The molecule has 104 valence electrons. The Balaban J connectivity index is 2.24. The summed E-state index contributed by atoms with van der Waals surface area (Å²) in [6.45, 7) is 1.57. The highest BCUT2D eigenvalue weighted by atomic mass is 16.4. The Kier molecular flexibility index (Phi) is 4.20. The zero-order chi connectivity index (χ0) is 14.5. The molecule has 0 unspecified atom stereocenters. The van der Waals surface area contributed by atoms with Crippen LogP contribution in [0.2, 0.25) is 0 Å². The Morgan fingerprint density at radius 3 is 2.45 bits per heavy atom. The summed E-state index contributed by atoms with van der Waals surface area (Å²) in [5, 5.41) is 11.9. The van der Waals surface area contributed by atoms with Crippen LogP contribution in [0.25, 0.3) is 0 Å². The van der Waals surface area contributed by atoms with Gasteiger partial charge in [-0.2, -0.15) is 0 Å². The maximum atomic E-state index is 12.1. The van der Waals surface area contributed by atoms with Crippen LogP contribution in [-0.2, 0) is 4.79 Å². The maximum absolute atomic E-state index is 12.1. The fourth-order valence-corrected chi connectivity index (χ4v) is 1.92. The average Bonchev–Trinajstić information content (AvgIpc) is 2.99. The Hall–Kier alpha value is -2.56. The van der Waals surface area contributed by atoms with Crippen LogP contribution in [0.1, 0.15) is 28.9 Å². The molecule has 2 atom stereocenters. The molecule has 0 bridgehead atoms. The molecule has 0 spiro atoms. The van der Waals surface area contributed by atoms with E-state index < -0.39 is 17.9 Å². The Morgan fingerprint density at radius 2 is 1.90 bits per heavy atom. The first kappa shape index (κ1) is 13.9. The predicted octanol–water partition coefficient (Wildman–Crippen LogP) is 2.47. The zero-order valence-electron chi connectivity index (χ0n) is 10.9. The van der Waals surface area contributed by atoms with E-state index in [4.69, 9.17) is 4.42 Å². The van der Waals surface area contributed by atoms with Crippen LogP contribution in [0.3, 0.4) is 0 Å². The number of hydrogen-bond acceptors (Lipinski definition) is 3. The second-order valence-electron chi connectivity index (χ2n) is 4.50. The molecule has 0 aliphatic heterocycles. The predicted molar refractivity (Wildman–Crippen MR) is 72.2 cm³/mol. The van der Waals surface area contributed by atoms with E-state index >= 15 is 0 Å². The number of carbonyl (C=O) groups excluding carboxylic acids is 1. The molecule has 2 N–H and O–H groups in total. The molecule has 0 aliphatic rings. The Bertz CT molecular complexity index is 577. The Labute approximate surface area is 116 Å². The first-order chi connectivity index (χ1) is 9.59. The molecule has 0 saturated heterocycles. The minimum absolute atomic E-state index is 0.360. The highest BCUT2D eigenvalue weighted by Gasteiger charge is 2.27. The van der Waals surface area contributed by atoms with Crippen LogP contribution in [-0.4, -0.2) is 17.0 Å². The average molecular weight is 273 g/mol. The lowest BCUT2D eigenvalue weighted by molar-refractivity contribution is -0.142. The second kappa shape index (κ2) is 6.06. The van der Waals surface area contributed by atoms with Gasteiger partial charge in [-0.3, -0.25) is 9.59 Å². The van der Waals surface area contributed by atoms with Crippen molar-refractivity contribution in [2.24, 2.45) is 5.92 Å². The van der Waals surface area contributed by atoms with E-state index in [0.29, 0.717) is 5.56 Å². The van der Waals surface area contributed by atoms with Crippen molar-refractivity contribution < 1.29 is 19.1 Å². The molecule has 0 fully saturated rings. The first-order valence-corrected chi connectivity index (χ1v) is 6.20. The van der Waals surface area contributed by atoms with Gasteiger partial charge in [0.1, 0.15) is 6.26 Å². The van der Waals surface area contributed by atoms with Crippen molar-refractivity contribution in [3.8, 4) is 0 Å². The summed E-state index contributed by atoms with van der Waals surface area (Å²) < 4.78 is 4.85. The molecule has 1 heterocycles. The van der Waals surface area contributed by atoms with Crippen LogP contribution in [0.15, 0.2) is 53.3 Å². The fraction of sp³-hybridized carbons (Fsp3) is 0.200. The molecule has 1 aromatic carbocycles. The lowest BCUT2D eigenvalue weighted by atomic mass is 9.94. The van der Waals surface area contributed by atoms with Crippen molar-refractivity contribution in [3.05, 3.63) is 60.1 Å². The van der Waals surface area contributed by atoms with Gasteiger partial charge in [-0.1, -0.05) is 30.3 Å². The lowest BCUT2D eigenvalue weighted by Crippen LogP contribution is -2.35. The van der Waals surface area contributed by atoms with Crippen LogP contribution in [0.4, 0.5) is 0 Å². The highest BCUT2D eigenvalue weighted by Crippen LogP contribution is 2.22. The second-order valence-corrected chi connectivity index (χ2v) is 4.50. The van der Waals surface area contributed by atoms with Crippen molar-refractivity contribution in [2.75, 3.05) is 0 Å². The van der Waals surface area contributed by atoms with E-state index in [0.717, 1.165) is 5.56 Å². The third-order valence-corrected chi connectivity index (χ3v) is 3.12. The lowest BCUT2D eigenvalue weighted by Gasteiger charge is -2.22. The molecule has 5 heteroatoms. The van der Waals surface area contributed by atoms with Crippen LogP contribution >= 0.6 is 0 Å². The number of carboxylic acids is 1. The summed E-state index contributed by atoms with van der Waals surface area (Å²) in [6, 6.07) is 9.96. The van der Waals surface area contributed by atoms with Gasteiger partial charge in [-0.05, 0) is 18.6 Å². The van der Waals surface area contributed by atoms with Gasteiger partial charge < -0.3 is 14.8 Å². The van der Waals surface area contributed by atoms with Crippen molar-refractivity contribution in [2.45, 2.75) is 13.0 Å². The molecule has 0 aliphatic carbocycles. The van der Waals surface area contributed by atoms with Gasteiger partial charge in [0.2, 0.25) is 0 Å². The maximum Gasteiger partial charge on any atom is 0.308 e. The van der Waals surface area contributed by atoms with E-state index in [1.54, 1.807) is 31.2 Å². The van der Waals surface area contributed by atoms with E-state index in [-0.39, 0.29) is 5.91 Å². The molecular formula is C15H15NO4. The number of nitrogens with one attached hydrogen (secondary N) is 1. The number of furan rings is 1. The molecular weight excluding hydrogens is 258 g/mol. The number of rotatable bonds is 5. The van der Waals surface area contributed by atoms with Crippen molar-refractivity contribution in [1.82, 2.24) is 5.32 Å².